The van der Waals surface area contributed by atoms with E-state index in [4.69, 9.17) is 4.74 Å². The molecule has 1 aliphatic rings. The molecule has 0 aliphatic heterocycles. The first-order valence-corrected chi connectivity index (χ1v) is 9.06. The number of rotatable bonds is 7. The van der Waals surface area contributed by atoms with Crippen LogP contribution in [0.25, 0.3) is 0 Å². The van der Waals surface area contributed by atoms with Gasteiger partial charge in [0.15, 0.2) is 0 Å². The number of anilines is 1. The summed E-state index contributed by atoms with van der Waals surface area (Å²) in [4.78, 5) is 23.7. The summed E-state index contributed by atoms with van der Waals surface area (Å²) in [6, 6.07) is 6.58. The molecule has 1 aromatic carbocycles. The van der Waals surface area contributed by atoms with E-state index in [9.17, 15) is 9.59 Å². The second-order valence-electron chi connectivity index (χ2n) is 7.01. The molecule has 1 aliphatic carbocycles. The first kappa shape index (κ1) is 19.1. The van der Waals surface area contributed by atoms with Crippen molar-refractivity contribution in [3.63, 3.8) is 0 Å². The highest BCUT2D eigenvalue weighted by Crippen LogP contribution is 2.25. The fourth-order valence-electron chi connectivity index (χ4n) is 2.71. The Morgan fingerprint density at radius 1 is 1.12 bits per heavy atom. The molecule has 1 unspecified atom stereocenters. The van der Waals surface area contributed by atoms with Gasteiger partial charge in [0, 0.05) is 12.2 Å². The van der Waals surface area contributed by atoms with Crippen molar-refractivity contribution in [3.8, 4) is 5.75 Å². The van der Waals surface area contributed by atoms with E-state index in [1.54, 1.807) is 6.92 Å². The summed E-state index contributed by atoms with van der Waals surface area (Å²) in [7, 11) is 0. The number of ether oxygens (including phenoxy) is 1. The summed E-state index contributed by atoms with van der Waals surface area (Å²) in [5, 5.41) is 8.08. The number of benzene rings is 1. The van der Waals surface area contributed by atoms with Crippen LogP contribution in [0.1, 0.15) is 46.5 Å². The molecule has 0 radical (unpaired) electrons. The van der Waals surface area contributed by atoms with Crippen LogP contribution in [0.2, 0.25) is 0 Å². The lowest BCUT2D eigenvalue weighted by molar-refractivity contribution is -0.120. The third-order valence-corrected chi connectivity index (χ3v) is 4.14. The molecule has 138 valence electrons. The van der Waals surface area contributed by atoms with E-state index in [1.165, 1.54) is 12.8 Å². The number of urea groups is 1. The summed E-state index contributed by atoms with van der Waals surface area (Å²) < 4.78 is 5.92. The number of nitrogens with one attached hydrogen (secondary N) is 3. The summed E-state index contributed by atoms with van der Waals surface area (Å²) >= 11 is 0. The minimum Gasteiger partial charge on any atom is -0.490 e. The van der Waals surface area contributed by atoms with Crippen LogP contribution < -0.4 is 20.7 Å². The SMILES string of the molecule is CC(C)CNC(=O)NC(=O)C(C)Nc1ccc(OC2CCCC2)cc1. The maximum Gasteiger partial charge on any atom is 0.321 e. The minimum absolute atomic E-state index is 0.327. The van der Waals surface area contributed by atoms with Gasteiger partial charge in [-0.15, -0.1) is 0 Å². The lowest BCUT2D eigenvalue weighted by Gasteiger charge is -2.17. The summed E-state index contributed by atoms with van der Waals surface area (Å²) in [5.41, 5.74) is 0.809. The molecule has 1 aromatic rings. The average molecular weight is 347 g/mol. The normalized spacial score (nSPS) is 15.7. The molecular formula is C19H29N3O3. The van der Waals surface area contributed by atoms with Gasteiger partial charge < -0.3 is 15.4 Å². The Kier molecular flexibility index (Phi) is 7.10. The van der Waals surface area contributed by atoms with E-state index in [2.05, 4.69) is 16.0 Å². The quantitative estimate of drug-likeness (QED) is 0.707. The topological polar surface area (TPSA) is 79.5 Å². The third kappa shape index (κ3) is 6.64. The van der Waals surface area contributed by atoms with E-state index in [0.717, 1.165) is 24.3 Å². The monoisotopic (exact) mass is 347 g/mol. The molecule has 25 heavy (non-hydrogen) atoms. The Morgan fingerprint density at radius 3 is 2.36 bits per heavy atom. The Hall–Kier alpha value is -2.24. The largest absolute Gasteiger partial charge is 0.490 e. The Morgan fingerprint density at radius 2 is 1.76 bits per heavy atom. The van der Waals surface area contributed by atoms with Crippen molar-refractivity contribution in [1.82, 2.24) is 10.6 Å². The number of amides is 3. The smallest absolute Gasteiger partial charge is 0.321 e. The third-order valence-electron chi connectivity index (χ3n) is 4.14. The second kappa shape index (κ2) is 9.30. The number of hydrogen-bond donors (Lipinski definition) is 3. The number of imide groups is 1. The van der Waals surface area contributed by atoms with Crippen molar-refractivity contribution in [2.45, 2.75) is 58.6 Å². The molecule has 2 rings (SSSR count). The molecule has 6 heteroatoms. The maximum absolute atomic E-state index is 12.0. The highest BCUT2D eigenvalue weighted by molar-refractivity contribution is 5.97. The van der Waals surface area contributed by atoms with Gasteiger partial charge in [-0.3, -0.25) is 10.1 Å². The fourth-order valence-corrected chi connectivity index (χ4v) is 2.71. The van der Waals surface area contributed by atoms with E-state index < -0.39 is 12.1 Å². The van der Waals surface area contributed by atoms with E-state index in [1.807, 2.05) is 38.1 Å². The van der Waals surface area contributed by atoms with Crippen molar-refractivity contribution in [2.24, 2.45) is 5.92 Å². The fraction of sp³-hybridized carbons (Fsp3) is 0.579. The van der Waals surface area contributed by atoms with Gasteiger partial charge in [0.05, 0.1) is 6.10 Å². The predicted molar refractivity (Wildman–Crippen MR) is 98.8 cm³/mol. The van der Waals surface area contributed by atoms with Gasteiger partial charge in [0.1, 0.15) is 11.8 Å². The molecule has 1 fully saturated rings. The van der Waals surface area contributed by atoms with Gasteiger partial charge in [0.25, 0.3) is 0 Å². The van der Waals surface area contributed by atoms with Gasteiger partial charge in [-0.05, 0) is 62.8 Å². The Labute approximate surface area is 149 Å². The lowest BCUT2D eigenvalue weighted by atomic mass is 10.2. The van der Waals surface area contributed by atoms with Crippen molar-refractivity contribution in [1.29, 1.82) is 0 Å². The van der Waals surface area contributed by atoms with Crippen LogP contribution in [0.4, 0.5) is 10.5 Å². The lowest BCUT2D eigenvalue weighted by Crippen LogP contribution is -2.46. The van der Waals surface area contributed by atoms with Crippen LogP contribution in [-0.2, 0) is 4.79 Å². The van der Waals surface area contributed by atoms with Crippen LogP contribution in [0, 0.1) is 5.92 Å². The number of carbonyl (C=O) groups excluding carboxylic acids is 2. The summed E-state index contributed by atoms with van der Waals surface area (Å²) in [6.45, 7) is 6.23. The standard InChI is InChI=1S/C19H29N3O3/c1-13(2)12-20-19(24)22-18(23)14(3)21-15-8-10-17(11-9-15)25-16-6-4-5-7-16/h8-11,13-14,16,21H,4-7,12H2,1-3H3,(H2,20,22,23,24). The molecular weight excluding hydrogens is 318 g/mol. The second-order valence-corrected chi connectivity index (χ2v) is 7.01. The maximum atomic E-state index is 12.0. The molecule has 0 saturated heterocycles. The van der Waals surface area contributed by atoms with Gasteiger partial charge in [0.2, 0.25) is 5.91 Å². The van der Waals surface area contributed by atoms with E-state index in [0.29, 0.717) is 18.6 Å². The average Bonchev–Trinajstić information content (AvgIpc) is 3.07. The zero-order valence-electron chi connectivity index (χ0n) is 15.3. The molecule has 3 amide bonds. The molecule has 3 N–H and O–H groups in total. The van der Waals surface area contributed by atoms with Gasteiger partial charge >= 0.3 is 6.03 Å². The molecule has 6 nitrogen and oxygen atoms in total. The highest BCUT2D eigenvalue weighted by atomic mass is 16.5. The van der Waals surface area contributed by atoms with Gasteiger partial charge in [-0.1, -0.05) is 13.8 Å². The highest BCUT2D eigenvalue weighted by Gasteiger charge is 2.17. The van der Waals surface area contributed by atoms with E-state index in [-0.39, 0.29) is 5.91 Å². The first-order valence-electron chi connectivity index (χ1n) is 9.06. The van der Waals surface area contributed by atoms with Crippen molar-refractivity contribution < 1.29 is 14.3 Å². The zero-order chi connectivity index (χ0) is 18.2. The number of carbonyl (C=O) groups is 2. The Balaban J connectivity index is 1.77. The van der Waals surface area contributed by atoms with Gasteiger partial charge in [-0.25, -0.2) is 4.79 Å². The molecule has 1 atom stereocenters. The van der Waals surface area contributed by atoms with Crippen LogP contribution in [0.3, 0.4) is 0 Å². The van der Waals surface area contributed by atoms with Crippen LogP contribution >= 0.6 is 0 Å². The first-order chi connectivity index (χ1) is 11.9. The minimum atomic E-state index is -0.522. The molecule has 0 spiro atoms. The molecule has 0 heterocycles. The van der Waals surface area contributed by atoms with Crippen LogP contribution in [-0.4, -0.2) is 30.6 Å². The zero-order valence-corrected chi connectivity index (χ0v) is 15.3. The van der Waals surface area contributed by atoms with Crippen LogP contribution in [0.5, 0.6) is 5.75 Å². The van der Waals surface area contributed by atoms with Crippen molar-refractivity contribution in [2.75, 3.05) is 11.9 Å². The summed E-state index contributed by atoms with van der Waals surface area (Å²) in [6.07, 6.45) is 5.04. The predicted octanol–water partition coefficient (Wildman–Crippen LogP) is 3.29. The summed E-state index contributed by atoms with van der Waals surface area (Å²) in [5.74, 6) is 0.816. The Bertz CT molecular complexity index is 566. The van der Waals surface area contributed by atoms with Crippen LogP contribution in [0.15, 0.2) is 24.3 Å². The van der Waals surface area contributed by atoms with Gasteiger partial charge in [-0.2, -0.15) is 0 Å². The van der Waals surface area contributed by atoms with Crippen molar-refractivity contribution >= 4 is 17.6 Å². The number of hydrogen-bond acceptors (Lipinski definition) is 4. The molecule has 1 saturated carbocycles. The molecule has 0 aromatic heterocycles. The molecule has 0 bridgehead atoms. The van der Waals surface area contributed by atoms with E-state index >= 15 is 0 Å². The van der Waals surface area contributed by atoms with Crippen molar-refractivity contribution in [3.05, 3.63) is 24.3 Å².